The van der Waals surface area contributed by atoms with Gasteiger partial charge in [-0.15, -0.1) is 0 Å². The minimum Gasteiger partial charge on any atom is -0.479 e. The van der Waals surface area contributed by atoms with Gasteiger partial charge in [0.25, 0.3) is 0 Å². The summed E-state index contributed by atoms with van der Waals surface area (Å²) >= 11 is 0. The first-order valence-corrected chi connectivity index (χ1v) is 5.98. The van der Waals surface area contributed by atoms with Crippen LogP contribution in [-0.4, -0.2) is 54.5 Å². The Morgan fingerprint density at radius 2 is 2.22 bits per heavy atom. The highest BCUT2D eigenvalue weighted by Gasteiger charge is 2.42. The standard InChI is InChI=1S/C11H18F3NO3/c1-2-18-9(10(16)17)7-15-5-3-4-8(6-15)11(12,13)14/h8-9H,2-7H2,1H3,(H,16,17). The summed E-state index contributed by atoms with van der Waals surface area (Å²) in [4.78, 5) is 12.4. The molecule has 0 saturated carbocycles. The van der Waals surface area contributed by atoms with Gasteiger partial charge in [-0.25, -0.2) is 4.79 Å². The molecule has 1 aliphatic heterocycles. The lowest BCUT2D eigenvalue weighted by molar-refractivity contribution is -0.188. The molecule has 1 saturated heterocycles. The van der Waals surface area contributed by atoms with Crippen LogP contribution < -0.4 is 0 Å². The van der Waals surface area contributed by atoms with Crippen LogP contribution in [-0.2, 0) is 9.53 Å². The molecule has 0 spiro atoms. The van der Waals surface area contributed by atoms with Crippen LogP contribution in [0.2, 0.25) is 0 Å². The molecule has 0 radical (unpaired) electrons. The van der Waals surface area contributed by atoms with Gasteiger partial charge < -0.3 is 9.84 Å². The van der Waals surface area contributed by atoms with E-state index in [1.165, 1.54) is 4.90 Å². The number of carboxylic acids is 1. The number of rotatable bonds is 5. The highest BCUT2D eigenvalue weighted by atomic mass is 19.4. The monoisotopic (exact) mass is 269 g/mol. The fraction of sp³-hybridized carbons (Fsp3) is 0.909. The van der Waals surface area contributed by atoms with Crippen LogP contribution >= 0.6 is 0 Å². The summed E-state index contributed by atoms with van der Waals surface area (Å²) < 4.78 is 42.8. The summed E-state index contributed by atoms with van der Waals surface area (Å²) in [5, 5.41) is 8.89. The topological polar surface area (TPSA) is 49.8 Å². The van der Waals surface area contributed by atoms with E-state index in [4.69, 9.17) is 9.84 Å². The summed E-state index contributed by atoms with van der Waals surface area (Å²) in [6.45, 7) is 2.25. The van der Waals surface area contributed by atoms with Crippen molar-refractivity contribution in [1.29, 1.82) is 0 Å². The van der Waals surface area contributed by atoms with Crippen LogP contribution in [0, 0.1) is 5.92 Å². The predicted octanol–water partition coefficient (Wildman–Crippen LogP) is 1.75. The molecule has 0 aromatic carbocycles. The molecule has 106 valence electrons. The van der Waals surface area contributed by atoms with Crippen molar-refractivity contribution in [2.75, 3.05) is 26.2 Å². The predicted molar refractivity (Wildman–Crippen MR) is 58.3 cm³/mol. The van der Waals surface area contributed by atoms with Gasteiger partial charge in [0.2, 0.25) is 0 Å². The molecule has 1 N–H and O–H groups in total. The number of hydrogen-bond donors (Lipinski definition) is 1. The van der Waals surface area contributed by atoms with Gasteiger partial charge in [-0.3, -0.25) is 4.90 Å². The van der Waals surface area contributed by atoms with E-state index in [-0.39, 0.29) is 26.1 Å². The van der Waals surface area contributed by atoms with Gasteiger partial charge in [0.15, 0.2) is 6.10 Å². The Hall–Kier alpha value is -0.820. The number of carbonyl (C=O) groups is 1. The lowest BCUT2D eigenvalue weighted by Gasteiger charge is -2.34. The van der Waals surface area contributed by atoms with E-state index >= 15 is 0 Å². The third-order valence-electron chi connectivity index (χ3n) is 3.04. The maximum Gasteiger partial charge on any atom is 0.393 e. The first-order chi connectivity index (χ1) is 8.34. The molecular formula is C11H18F3NO3. The number of hydrogen-bond acceptors (Lipinski definition) is 3. The second kappa shape index (κ2) is 6.38. The lowest BCUT2D eigenvalue weighted by Crippen LogP contribution is -2.46. The molecule has 1 rings (SSSR count). The number of aliphatic carboxylic acids is 1. The minimum absolute atomic E-state index is 0.00968. The summed E-state index contributed by atoms with van der Waals surface area (Å²) in [6.07, 6.45) is -4.71. The Morgan fingerprint density at radius 1 is 1.56 bits per heavy atom. The third kappa shape index (κ3) is 4.45. The Morgan fingerprint density at radius 3 is 2.72 bits per heavy atom. The summed E-state index contributed by atoms with van der Waals surface area (Å²) in [7, 11) is 0. The molecule has 7 heteroatoms. The Bertz CT molecular complexity index is 283. The molecule has 0 bridgehead atoms. The van der Waals surface area contributed by atoms with Crippen LogP contribution in [0.4, 0.5) is 13.2 Å². The van der Waals surface area contributed by atoms with Crippen LogP contribution in [0.1, 0.15) is 19.8 Å². The molecule has 1 aliphatic rings. The molecule has 1 fully saturated rings. The Kier molecular flexibility index (Phi) is 5.40. The first-order valence-electron chi connectivity index (χ1n) is 5.98. The van der Waals surface area contributed by atoms with Gasteiger partial charge in [-0.1, -0.05) is 0 Å². The van der Waals surface area contributed by atoms with E-state index in [1.807, 2.05) is 0 Å². The maximum atomic E-state index is 12.6. The first kappa shape index (κ1) is 15.2. The van der Waals surface area contributed by atoms with Crippen LogP contribution in [0.25, 0.3) is 0 Å². The molecule has 0 amide bonds. The summed E-state index contributed by atoms with van der Waals surface area (Å²) in [5.74, 6) is -2.49. The van der Waals surface area contributed by atoms with E-state index in [0.717, 1.165) is 0 Å². The molecule has 2 atom stereocenters. The summed E-state index contributed by atoms with van der Waals surface area (Å²) in [6, 6.07) is 0. The number of ether oxygens (including phenoxy) is 1. The second-order valence-corrected chi connectivity index (χ2v) is 4.42. The van der Waals surface area contributed by atoms with Crippen molar-refractivity contribution in [2.45, 2.75) is 32.0 Å². The normalized spacial score (nSPS) is 23.9. The van der Waals surface area contributed by atoms with Crippen molar-refractivity contribution in [3.63, 3.8) is 0 Å². The van der Waals surface area contributed by atoms with Crippen molar-refractivity contribution in [1.82, 2.24) is 4.90 Å². The van der Waals surface area contributed by atoms with Crippen molar-refractivity contribution < 1.29 is 27.8 Å². The van der Waals surface area contributed by atoms with E-state index in [1.54, 1.807) is 6.92 Å². The van der Waals surface area contributed by atoms with E-state index in [0.29, 0.717) is 13.0 Å². The zero-order chi connectivity index (χ0) is 13.8. The van der Waals surface area contributed by atoms with Crippen LogP contribution in [0.3, 0.4) is 0 Å². The van der Waals surface area contributed by atoms with Crippen molar-refractivity contribution >= 4 is 5.97 Å². The van der Waals surface area contributed by atoms with Crippen molar-refractivity contribution in [3.05, 3.63) is 0 Å². The number of halogens is 3. The highest BCUT2D eigenvalue weighted by molar-refractivity contribution is 5.72. The van der Waals surface area contributed by atoms with E-state index < -0.39 is 24.2 Å². The van der Waals surface area contributed by atoms with E-state index in [9.17, 15) is 18.0 Å². The SMILES string of the molecule is CCOC(CN1CCCC(C(F)(F)F)C1)C(=O)O. The third-order valence-corrected chi connectivity index (χ3v) is 3.04. The largest absolute Gasteiger partial charge is 0.479 e. The van der Waals surface area contributed by atoms with Crippen molar-refractivity contribution in [3.8, 4) is 0 Å². The average Bonchev–Trinajstić information content (AvgIpc) is 2.27. The molecule has 2 unspecified atom stereocenters. The molecule has 4 nitrogen and oxygen atoms in total. The molecule has 0 aromatic heterocycles. The Balaban J connectivity index is 2.53. The van der Waals surface area contributed by atoms with Crippen molar-refractivity contribution in [2.24, 2.45) is 5.92 Å². The van der Waals surface area contributed by atoms with Gasteiger partial charge in [-0.05, 0) is 26.3 Å². The Labute approximate surface area is 104 Å². The van der Waals surface area contributed by atoms with Gasteiger partial charge in [0.1, 0.15) is 0 Å². The maximum absolute atomic E-state index is 12.6. The zero-order valence-corrected chi connectivity index (χ0v) is 10.2. The molecular weight excluding hydrogens is 251 g/mol. The number of nitrogens with zero attached hydrogens (tertiary/aromatic N) is 1. The van der Waals surface area contributed by atoms with E-state index in [2.05, 4.69) is 0 Å². The molecule has 18 heavy (non-hydrogen) atoms. The lowest BCUT2D eigenvalue weighted by atomic mass is 9.97. The second-order valence-electron chi connectivity index (χ2n) is 4.42. The average molecular weight is 269 g/mol. The van der Waals surface area contributed by atoms with Gasteiger partial charge in [-0.2, -0.15) is 13.2 Å². The zero-order valence-electron chi connectivity index (χ0n) is 10.2. The number of carboxylic acid groups (broad SMARTS) is 1. The quantitative estimate of drug-likeness (QED) is 0.826. The highest BCUT2D eigenvalue weighted by Crippen LogP contribution is 2.33. The molecule has 0 aromatic rings. The van der Waals surface area contributed by atoms with Crippen LogP contribution in [0.15, 0.2) is 0 Å². The van der Waals surface area contributed by atoms with Gasteiger partial charge in [0.05, 0.1) is 5.92 Å². The smallest absolute Gasteiger partial charge is 0.393 e. The fourth-order valence-electron chi connectivity index (χ4n) is 2.13. The number of piperidine rings is 1. The minimum atomic E-state index is -4.21. The van der Waals surface area contributed by atoms with Gasteiger partial charge in [0, 0.05) is 19.7 Å². The summed E-state index contributed by atoms with van der Waals surface area (Å²) in [5.41, 5.74) is 0. The van der Waals surface area contributed by atoms with Crippen LogP contribution in [0.5, 0.6) is 0 Å². The number of likely N-dealkylation sites (tertiary alicyclic amines) is 1. The fourth-order valence-corrected chi connectivity index (χ4v) is 2.13. The van der Waals surface area contributed by atoms with Gasteiger partial charge >= 0.3 is 12.1 Å². The molecule has 0 aliphatic carbocycles. The number of alkyl halides is 3. The molecule has 1 heterocycles.